The molecule has 0 fully saturated rings. The number of unbranched alkanes of at least 4 members (excludes halogenated alkanes) is 2. The van der Waals surface area contributed by atoms with Gasteiger partial charge in [0.1, 0.15) is 5.82 Å². The minimum absolute atomic E-state index is 0.0195. The van der Waals surface area contributed by atoms with Gasteiger partial charge in [0.2, 0.25) is 0 Å². The molecule has 0 spiro atoms. The number of benzene rings is 1. The molecule has 5 nitrogen and oxygen atoms in total. The third kappa shape index (κ3) is 5.66. The van der Waals surface area contributed by atoms with Gasteiger partial charge in [0.05, 0.1) is 11.6 Å². The largest absolute Gasteiger partial charge is 0.503 e. The van der Waals surface area contributed by atoms with Crippen molar-refractivity contribution in [3.8, 4) is 0 Å². The summed E-state index contributed by atoms with van der Waals surface area (Å²) in [5.41, 5.74) is 0.220. The van der Waals surface area contributed by atoms with Gasteiger partial charge >= 0.3 is 0 Å². The molecule has 1 amide bonds. The fourth-order valence-corrected chi connectivity index (χ4v) is 3.83. The summed E-state index contributed by atoms with van der Waals surface area (Å²) in [6.07, 6.45) is 5.20. The van der Waals surface area contributed by atoms with Crippen molar-refractivity contribution in [1.82, 2.24) is 9.80 Å². The van der Waals surface area contributed by atoms with Crippen LogP contribution in [-0.2, 0) is 9.59 Å². The molecular weight excluding hydrogens is 371 g/mol. The molecule has 0 aromatic heterocycles. The maximum Gasteiger partial charge on any atom is 0.290 e. The SMILES string of the molecule is CCCCN(CCCC)CCCN1C(=O)C(O)=C(C(C)=O)[C@@H]1c1ccccc1F. The lowest BCUT2D eigenvalue weighted by Crippen LogP contribution is -2.35. The number of nitrogens with zero attached hydrogens (tertiary/aromatic N) is 2. The summed E-state index contributed by atoms with van der Waals surface area (Å²) in [6, 6.07) is 5.24. The van der Waals surface area contributed by atoms with Gasteiger partial charge in [0.15, 0.2) is 11.5 Å². The maximum atomic E-state index is 14.5. The monoisotopic (exact) mass is 404 g/mol. The van der Waals surface area contributed by atoms with Crippen LogP contribution < -0.4 is 0 Å². The average Bonchev–Trinajstić information content (AvgIpc) is 2.94. The Hall–Kier alpha value is -2.21. The number of halogens is 1. The number of carbonyl (C=O) groups excluding carboxylic acids is 2. The zero-order valence-corrected chi connectivity index (χ0v) is 17.8. The number of aliphatic hydroxyl groups excluding tert-OH is 1. The van der Waals surface area contributed by atoms with Gasteiger partial charge in [-0.3, -0.25) is 9.59 Å². The van der Waals surface area contributed by atoms with Crippen LogP contribution in [0.5, 0.6) is 0 Å². The fourth-order valence-electron chi connectivity index (χ4n) is 3.83. The Bertz CT molecular complexity index is 739. The van der Waals surface area contributed by atoms with E-state index in [-0.39, 0.29) is 11.1 Å². The average molecular weight is 405 g/mol. The van der Waals surface area contributed by atoms with Crippen LogP contribution in [0.1, 0.15) is 64.5 Å². The zero-order chi connectivity index (χ0) is 21.4. The first-order valence-corrected chi connectivity index (χ1v) is 10.6. The minimum Gasteiger partial charge on any atom is -0.503 e. The quantitative estimate of drug-likeness (QED) is 0.561. The molecule has 2 rings (SSSR count). The number of hydrogen-bond acceptors (Lipinski definition) is 4. The Morgan fingerprint density at radius 2 is 1.69 bits per heavy atom. The topological polar surface area (TPSA) is 60.9 Å². The van der Waals surface area contributed by atoms with Crippen LogP contribution in [0, 0.1) is 5.82 Å². The lowest BCUT2D eigenvalue weighted by Gasteiger charge is -2.28. The smallest absolute Gasteiger partial charge is 0.290 e. The molecule has 0 unspecified atom stereocenters. The highest BCUT2D eigenvalue weighted by Crippen LogP contribution is 2.38. The van der Waals surface area contributed by atoms with E-state index in [4.69, 9.17) is 0 Å². The van der Waals surface area contributed by atoms with Gasteiger partial charge in [-0.15, -0.1) is 0 Å². The third-order valence-corrected chi connectivity index (χ3v) is 5.41. The van der Waals surface area contributed by atoms with Crippen LogP contribution in [0.2, 0.25) is 0 Å². The number of aliphatic hydroxyl groups is 1. The van der Waals surface area contributed by atoms with Crippen molar-refractivity contribution in [3.63, 3.8) is 0 Å². The molecule has 0 aliphatic carbocycles. The Balaban J connectivity index is 2.16. The highest BCUT2D eigenvalue weighted by molar-refractivity contribution is 6.08. The molecule has 1 atom stereocenters. The van der Waals surface area contributed by atoms with Crippen molar-refractivity contribution in [1.29, 1.82) is 0 Å². The molecule has 1 aromatic carbocycles. The first-order valence-electron chi connectivity index (χ1n) is 10.6. The van der Waals surface area contributed by atoms with E-state index in [9.17, 15) is 19.1 Å². The molecule has 0 saturated heterocycles. The van der Waals surface area contributed by atoms with E-state index < -0.39 is 29.3 Å². The normalized spacial score (nSPS) is 16.9. The van der Waals surface area contributed by atoms with Crippen molar-refractivity contribution in [2.45, 2.75) is 58.9 Å². The summed E-state index contributed by atoms with van der Waals surface area (Å²) in [5.74, 6) is -2.06. The second-order valence-corrected chi connectivity index (χ2v) is 7.64. The van der Waals surface area contributed by atoms with Gasteiger partial charge < -0.3 is 14.9 Å². The second kappa shape index (κ2) is 11.1. The fraction of sp³-hybridized carbons (Fsp3) is 0.565. The lowest BCUT2D eigenvalue weighted by atomic mass is 9.96. The number of rotatable bonds is 12. The summed E-state index contributed by atoms with van der Waals surface area (Å²) in [4.78, 5) is 28.6. The van der Waals surface area contributed by atoms with Gasteiger partial charge in [-0.2, -0.15) is 0 Å². The molecule has 0 saturated carbocycles. The summed E-state index contributed by atoms with van der Waals surface area (Å²) in [6.45, 7) is 8.84. The third-order valence-electron chi connectivity index (χ3n) is 5.41. The molecular formula is C23H33FN2O3. The van der Waals surface area contributed by atoms with Gasteiger partial charge in [-0.1, -0.05) is 44.9 Å². The van der Waals surface area contributed by atoms with Crippen LogP contribution in [0.25, 0.3) is 0 Å². The van der Waals surface area contributed by atoms with E-state index in [0.717, 1.165) is 45.3 Å². The van der Waals surface area contributed by atoms with Gasteiger partial charge in [-0.05, 0) is 51.9 Å². The minimum atomic E-state index is -0.874. The highest BCUT2D eigenvalue weighted by atomic mass is 19.1. The van der Waals surface area contributed by atoms with E-state index in [0.29, 0.717) is 13.0 Å². The first-order chi connectivity index (χ1) is 13.9. The Kier molecular flexibility index (Phi) is 8.83. The number of hydrogen-bond donors (Lipinski definition) is 1. The van der Waals surface area contributed by atoms with Crippen molar-refractivity contribution in [3.05, 3.63) is 47.0 Å². The summed E-state index contributed by atoms with van der Waals surface area (Å²) in [5, 5.41) is 10.3. The van der Waals surface area contributed by atoms with E-state index in [1.165, 1.54) is 17.9 Å². The summed E-state index contributed by atoms with van der Waals surface area (Å²) in [7, 11) is 0. The van der Waals surface area contributed by atoms with Crippen LogP contribution in [-0.4, -0.2) is 52.8 Å². The molecule has 1 aliphatic heterocycles. The standard InChI is InChI=1S/C23H33FN2O3/c1-4-6-13-25(14-7-5-2)15-10-16-26-21(18-11-8-9-12-19(18)24)20(17(3)27)22(28)23(26)29/h8-9,11-12,21,28H,4-7,10,13-16H2,1-3H3/t21-/m0/s1. The van der Waals surface area contributed by atoms with E-state index in [1.807, 2.05) is 0 Å². The maximum absolute atomic E-state index is 14.5. The van der Waals surface area contributed by atoms with Crippen molar-refractivity contribution in [2.75, 3.05) is 26.2 Å². The number of amides is 1. The Morgan fingerprint density at radius 1 is 1.10 bits per heavy atom. The molecule has 6 heteroatoms. The molecule has 29 heavy (non-hydrogen) atoms. The molecule has 1 aliphatic rings. The van der Waals surface area contributed by atoms with Crippen LogP contribution in [0.3, 0.4) is 0 Å². The number of Topliss-reactive ketones (excluding diaryl/α,β-unsaturated/α-hetero) is 1. The van der Waals surface area contributed by atoms with Crippen molar-refractivity contribution >= 4 is 11.7 Å². The molecule has 0 bridgehead atoms. The molecule has 1 aromatic rings. The highest BCUT2D eigenvalue weighted by Gasteiger charge is 2.43. The van der Waals surface area contributed by atoms with E-state index in [1.54, 1.807) is 18.2 Å². The van der Waals surface area contributed by atoms with Crippen LogP contribution in [0.15, 0.2) is 35.6 Å². The van der Waals surface area contributed by atoms with Crippen molar-refractivity contribution in [2.24, 2.45) is 0 Å². The lowest BCUT2D eigenvalue weighted by molar-refractivity contribution is -0.129. The predicted octanol–water partition coefficient (Wildman–Crippen LogP) is 4.40. The molecule has 160 valence electrons. The van der Waals surface area contributed by atoms with Crippen molar-refractivity contribution < 1.29 is 19.1 Å². The first kappa shape index (κ1) is 23.1. The van der Waals surface area contributed by atoms with Crippen LogP contribution in [0.4, 0.5) is 4.39 Å². The van der Waals surface area contributed by atoms with E-state index >= 15 is 0 Å². The molecule has 1 N–H and O–H groups in total. The van der Waals surface area contributed by atoms with Crippen LogP contribution >= 0.6 is 0 Å². The summed E-state index contributed by atoms with van der Waals surface area (Å²) >= 11 is 0. The van der Waals surface area contributed by atoms with Gasteiger partial charge in [-0.25, -0.2) is 4.39 Å². The number of ketones is 1. The molecule has 1 heterocycles. The van der Waals surface area contributed by atoms with E-state index in [2.05, 4.69) is 18.7 Å². The second-order valence-electron chi connectivity index (χ2n) is 7.64. The number of carbonyl (C=O) groups is 2. The van der Waals surface area contributed by atoms with Gasteiger partial charge in [0.25, 0.3) is 5.91 Å². The predicted molar refractivity (Wildman–Crippen MR) is 112 cm³/mol. The Labute approximate surface area is 173 Å². The molecule has 0 radical (unpaired) electrons. The summed E-state index contributed by atoms with van der Waals surface area (Å²) < 4.78 is 14.5. The zero-order valence-electron chi connectivity index (χ0n) is 17.8. The Morgan fingerprint density at radius 3 is 2.24 bits per heavy atom. The van der Waals surface area contributed by atoms with Gasteiger partial charge in [0, 0.05) is 12.1 Å².